The molecule has 4 heteroatoms. The summed E-state index contributed by atoms with van der Waals surface area (Å²) in [5.74, 6) is -0.311. The molecule has 0 aliphatic carbocycles. The van der Waals surface area contributed by atoms with E-state index >= 15 is 0 Å². The van der Waals surface area contributed by atoms with E-state index in [-0.39, 0.29) is 11.7 Å². The van der Waals surface area contributed by atoms with Gasteiger partial charge in [0, 0.05) is 0 Å². The van der Waals surface area contributed by atoms with Gasteiger partial charge in [-0.15, -0.1) is 0 Å². The van der Waals surface area contributed by atoms with E-state index in [1.807, 2.05) is 18.2 Å². The number of nitrogens with two attached hydrogens (primary N) is 1. The zero-order valence-electron chi connectivity index (χ0n) is 11.6. The standard InChI is InChI=1S/C16H18N2O2/c1-11-7-6-10-13(14(11)19)18-15(20)16(2,17)12-8-4-3-5-9-12/h3-10,19H,17H2,1-2H3,(H,18,20). The summed E-state index contributed by atoms with van der Waals surface area (Å²) in [5, 5.41) is 12.6. The van der Waals surface area contributed by atoms with Crippen LogP contribution in [0.5, 0.6) is 5.75 Å². The first-order chi connectivity index (χ1) is 9.43. The average Bonchev–Trinajstić information content (AvgIpc) is 2.44. The van der Waals surface area contributed by atoms with Gasteiger partial charge in [-0.2, -0.15) is 0 Å². The minimum atomic E-state index is -1.17. The van der Waals surface area contributed by atoms with Crippen molar-refractivity contribution in [3.8, 4) is 5.75 Å². The normalized spacial score (nSPS) is 13.6. The molecule has 4 N–H and O–H groups in total. The maximum Gasteiger partial charge on any atom is 0.248 e. The second-order valence-corrected chi connectivity index (χ2v) is 4.99. The lowest BCUT2D eigenvalue weighted by Gasteiger charge is -2.24. The summed E-state index contributed by atoms with van der Waals surface area (Å²) in [6, 6.07) is 14.3. The summed E-state index contributed by atoms with van der Waals surface area (Å²) in [6.07, 6.45) is 0. The molecule has 0 aromatic heterocycles. The molecule has 0 aliphatic heterocycles. The number of para-hydroxylation sites is 1. The molecule has 0 fully saturated rings. The number of anilines is 1. The van der Waals surface area contributed by atoms with Crippen LogP contribution in [0.3, 0.4) is 0 Å². The SMILES string of the molecule is Cc1cccc(NC(=O)C(C)(N)c2ccccc2)c1O. The second-order valence-electron chi connectivity index (χ2n) is 4.99. The van der Waals surface area contributed by atoms with Crippen molar-refractivity contribution >= 4 is 11.6 Å². The summed E-state index contributed by atoms with van der Waals surface area (Å²) in [7, 11) is 0. The number of nitrogens with one attached hydrogen (secondary N) is 1. The fraction of sp³-hybridized carbons (Fsp3) is 0.188. The Hall–Kier alpha value is -2.33. The Bertz CT molecular complexity index is 622. The number of phenolic OH excluding ortho intramolecular Hbond substituents is 1. The van der Waals surface area contributed by atoms with Crippen molar-refractivity contribution in [2.45, 2.75) is 19.4 Å². The summed E-state index contributed by atoms with van der Waals surface area (Å²) in [5.41, 5.74) is 6.73. The number of phenols is 1. The third-order valence-electron chi connectivity index (χ3n) is 3.33. The molecule has 0 radical (unpaired) electrons. The number of hydrogen-bond acceptors (Lipinski definition) is 3. The molecule has 2 aromatic carbocycles. The molecule has 20 heavy (non-hydrogen) atoms. The minimum absolute atomic E-state index is 0.0599. The molecule has 1 unspecified atom stereocenters. The molecule has 0 aliphatic rings. The highest BCUT2D eigenvalue weighted by Crippen LogP contribution is 2.28. The minimum Gasteiger partial charge on any atom is -0.505 e. The van der Waals surface area contributed by atoms with Gasteiger partial charge in [-0.05, 0) is 31.0 Å². The molecule has 104 valence electrons. The highest BCUT2D eigenvalue weighted by Gasteiger charge is 2.30. The maximum atomic E-state index is 12.4. The van der Waals surface area contributed by atoms with Gasteiger partial charge in [-0.1, -0.05) is 42.5 Å². The van der Waals surface area contributed by atoms with Gasteiger partial charge in [0.15, 0.2) is 0 Å². The molecule has 1 atom stereocenters. The number of aromatic hydroxyl groups is 1. The van der Waals surface area contributed by atoms with Crippen molar-refractivity contribution in [1.29, 1.82) is 0 Å². The molecular weight excluding hydrogens is 252 g/mol. The molecular formula is C16H18N2O2. The highest BCUT2D eigenvalue weighted by atomic mass is 16.3. The highest BCUT2D eigenvalue weighted by molar-refractivity contribution is 5.99. The molecule has 2 aromatic rings. The van der Waals surface area contributed by atoms with Crippen molar-refractivity contribution in [2.75, 3.05) is 5.32 Å². The van der Waals surface area contributed by atoms with Crippen LogP contribution in [0.2, 0.25) is 0 Å². The molecule has 0 bridgehead atoms. The van der Waals surface area contributed by atoms with Crippen LogP contribution < -0.4 is 11.1 Å². The Balaban J connectivity index is 2.26. The summed E-state index contributed by atoms with van der Waals surface area (Å²) >= 11 is 0. The zero-order chi connectivity index (χ0) is 14.8. The smallest absolute Gasteiger partial charge is 0.248 e. The first kappa shape index (κ1) is 14.1. The maximum absolute atomic E-state index is 12.4. The van der Waals surface area contributed by atoms with Crippen molar-refractivity contribution in [2.24, 2.45) is 5.73 Å². The Morgan fingerprint density at radius 2 is 1.80 bits per heavy atom. The van der Waals surface area contributed by atoms with E-state index in [1.54, 1.807) is 44.2 Å². The van der Waals surface area contributed by atoms with Gasteiger partial charge in [0.25, 0.3) is 0 Å². The lowest BCUT2D eigenvalue weighted by atomic mass is 9.92. The van der Waals surface area contributed by atoms with Gasteiger partial charge in [-0.3, -0.25) is 4.79 Å². The third kappa shape index (κ3) is 2.65. The number of aryl methyl sites for hydroxylation is 1. The summed E-state index contributed by atoms with van der Waals surface area (Å²) in [4.78, 5) is 12.4. The fourth-order valence-corrected chi connectivity index (χ4v) is 1.93. The zero-order valence-corrected chi connectivity index (χ0v) is 11.6. The predicted octanol–water partition coefficient (Wildman–Crippen LogP) is 2.51. The Labute approximate surface area is 118 Å². The fourth-order valence-electron chi connectivity index (χ4n) is 1.93. The Morgan fingerprint density at radius 1 is 1.15 bits per heavy atom. The number of carbonyl (C=O) groups excluding carboxylic acids is 1. The van der Waals surface area contributed by atoms with Crippen LogP contribution in [0, 0.1) is 6.92 Å². The van der Waals surface area contributed by atoms with Gasteiger partial charge in [0.05, 0.1) is 5.69 Å². The first-order valence-corrected chi connectivity index (χ1v) is 6.37. The van der Waals surface area contributed by atoms with E-state index in [4.69, 9.17) is 5.73 Å². The molecule has 0 heterocycles. The predicted molar refractivity (Wildman–Crippen MR) is 79.5 cm³/mol. The van der Waals surface area contributed by atoms with E-state index in [1.165, 1.54) is 0 Å². The summed E-state index contributed by atoms with van der Waals surface area (Å²) in [6.45, 7) is 3.41. The van der Waals surface area contributed by atoms with E-state index in [0.29, 0.717) is 16.8 Å². The molecule has 0 saturated heterocycles. The lowest BCUT2D eigenvalue weighted by molar-refractivity contribution is -0.120. The van der Waals surface area contributed by atoms with Crippen LogP contribution in [-0.2, 0) is 10.3 Å². The van der Waals surface area contributed by atoms with E-state index in [9.17, 15) is 9.90 Å². The van der Waals surface area contributed by atoms with Gasteiger partial charge >= 0.3 is 0 Å². The van der Waals surface area contributed by atoms with Crippen LogP contribution in [0.1, 0.15) is 18.1 Å². The Morgan fingerprint density at radius 3 is 2.45 bits per heavy atom. The van der Waals surface area contributed by atoms with Crippen LogP contribution >= 0.6 is 0 Å². The lowest BCUT2D eigenvalue weighted by Crippen LogP contribution is -2.45. The number of amides is 1. The van der Waals surface area contributed by atoms with Crippen molar-refractivity contribution < 1.29 is 9.90 Å². The molecule has 0 spiro atoms. The summed E-state index contributed by atoms with van der Waals surface area (Å²) < 4.78 is 0. The second kappa shape index (κ2) is 5.35. The number of carbonyl (C=O) groups is 1. The quantitative estimate of drug-likeness (QED) is 0.750. The Kier molecular flexibility index (Phi) is 3.77. The van der Waals surface area contributed by atoms with Gasteiger partial charge in [-0.25, -0.2) is 0 Å². The first-order valence-electron chi connectivity index (χ1n) is 6.37. The molecule has 1 amide bonds. The van der Waals surface area contributed by atoms with Crippen LogP contribution in [0.4, 0.5) is 5.69 Å². The number of rotatable bonds is 3. The van der Waals surface area contributed by atoms with Crippen molar-refractivity contribution in [1.82, 2.24) is 0 Å². The number of benzene rings is 2. The average molecular weight is 270 g/mol. The van der Waals surface area contributed by atoms with Gasteiger partial charge in [0.1, 0.15) is 11.3 Å². The van der Waals surface area contributed by atoms with Gasteiger partial charge < -0.3 is 16.2 Å². The van der Waals surface area contributed by atoms with E-state index in [2.05, 4.69) is 5.32 Å². The largest absolute Gasteiger partial charge is 0.505 e. The van der Waals surface area contributed by atoms with Crippen LogP contribution in [-0.4, -0.2) is 11.0 Å². The monoisotopic (exact) mass is 270 g/mol. The molecule has 0 saturated carbocycles. The van der Waals surface area contributed by atoms with Crippen LogP contribution in [0.15, 0.2) is 48.5 Å². The van der Waals surface area contributed by atoms with Gasteiger partial charge in [0.2, 0.25) is 5.91 Å². The van der Waals surface area contributed by atoms with Crippen LogP contribution in [0.25, 0.3) is 0 Å². The van der Waals surface area contributed by atoms with E-state index in [0.717, 1.165) is 0 Å². The molecule has 4 nitrogen and oxygen atoms in total. The molecule has 2 rings (SSSR count). The topological polar surface area (TPSA) is 75.4 Å². The number of hydrogen-bond donors (Lipinski definition) is 3. The third-order valence-corrected chi connectivity index (χ3v) is 3.33. The van der Waals surface area contributed by atoms with Crippen molar-refractivity contribution in [3.63, 3.8) is 0 Å². The van der Waals surface area contributed by atoms with E-state index < -0.39 is 5.54 Å². The van der Waals surface area contributed by atoms with Crippen molar-refractivity contribution in [3.05, 3.63) is 59.7 Å².